The van der Waals surface area contributed by atoms with Gasteiger partial charge in [-0.15, -0.1) is 0 Å². The average molecular weight is 493 g/mol. The molecule has 2 aromatic rings. The summed E-state index contributed by atoms with van der Waals surface area (Å²) in [5, 5.41) is 3.01. The fraction of sp³-hybridized carbons (Fsp3) is 0.417. The Morgan fingerprint density at radius 2 is 1.82 bits per heavy atom. The van der Waals surface area contributed by atoms with E-state index in [-0.39, 0.29) is 34.8 Å². The van der Waals surface area contributed by atoms with E-state index in [2.05, 4.69) is 5.32 Å². The van der Waals surface area contributed by atoms with Crippen molar-refractivity contribution in [2.75, 3.05) is 30.8 Å². The molecular weight excluding hydrogens is 464 g/mol. The van der Waals surface area contributed by atoms with Crippen LogP contribution in [-0.2, 0) is 26.0 Å². The first-order chi connectivity index (χ1) is 15.8. The second-order valence-corrected chi connectivity index (χ2v) is 10.5. The third-order valence-corrected chi connectivity index (χ3v) is 7.93. The lowest BCUT2D eigenvalue weighted by Gasteiger charge is -2.30. The van der Waals surface area contributed by atoms with Crippen molar-refractivity contribution in [1.29, 1.82) is 0 Å². The third kappa shape index (κ3) is 7.03. The van der Waals surface area contributed by atoms with Gasteiger partial charge in [0.25, 0.3) is 0 Å². The van der Waals surface area contributed by atoms with Crippen molar-refractivity contribution in [3.05, 3.63) is 64.7 Å². The molecule has 3 rings (SSSR count). The number of halogens is 1. The summed E-state index contributed by atoms with van der Waals surface area (Å²) >= 11 is 6.15. The number of nitrogens with one attached hydrogen (secondary N) is 1. The molecule has 0 aromatic heterocycles. The highest BCUT2D eigenvalue weighted by Gasteiger charge is 2.31. The first kappa shape index (κ1) is 25.2. The largest absolute Gasteiger partial charge is 0.462 e. The van der Waals surface area contributed by atoms with Crippen molar-refractivity contribution in [2.24, 2.45) is 5.92 Å². The van der Waals surface area contributed by atoms with Gasteiger partial charge in [0.15, 0.2) is 0 Å². The van der Waals surface area contributed by atoms with Crippen LogP contribution in [-0.4, -0.2) is 50.0 Å². The van der Waals surface area contributed by atoms with Gasteiger partial charge in [-0.05, 0) is 56.4 Å². The molecule has 0 saturated carbocycles. The minimum absolute atomic E-state index is 0.101. The molecule has 1 aliphatic heterocycles. The van der Waals surface area contributed by atoms with E-state index >= 15 is 0 Å². The van der Waals surface area contributed by atoms with Crippen LogP contribution in [0.25, 0.3) is 0 Å². The van der Waals surface area contributed by atoms with Crippen LogP contribution in [0.3, 0.4) is 0 Å². The van der Waals surface area contributed by atoms with Crippen molar-refractivity contribution < 1.29 is 22.7 Å². The molecule has 0 atom stereocenters. The van der Waals surface area contributed by atoms with E-state index in [4.69, 9.17) is 16.3 Å². The van der Waals surface area contributed by atoms with Gasteiger partial charge in [-0.25, -0.2) is 17.5 Å². The summed E-state index contributed by atoms with van der Waals surface area (Å²) in [7, 11) is -3.34. The average Bonchev–Trinajstić information content (AvgIpc) is 2.80. The molecule has 1 fully saturated rings. The number of carbonyl (C=O) groups is 2. The summed E-state index contributed by atoms with van der Waals surface area (Å²) in [5.74, 6) is -0.887. The summed E-state index contributed by atoms with van der Waals surface area (Å²) in [4.78, 5) is 24.5. The van der Waals surface area contributed by atoms with Gasteiger partial charge in [0.1, 0.15) is 0 Å². The zero-order valence-corrected chi connectivity index (χ0v) is 20.2. The van der Waals surface area contributed by atoms with E-state index in [9.17, 15) is 18.0 Å². The highest BCUT2D eigenvalue weighted by atomic mass is 35.5. The zero-order chi connectivity index (χ0) is 23.8. The number of carbonyl (C=O) groups excluding carboxylic acids is 2. The number of sulfonamides is 1. The van der Waals surface area contributed by atoms with Gasteiger partial charge in [-0.3, -0.25) is 4.79 Å². The molecule has 7 nitrogen and oxygen atoms in total. The smallest absolute Gasteiger partial charge is 0.339 e. The minimum atomic E-state index is -3.34. The molecule has 0 spiro atoms. The Hall–Kier alpha value is -2.42. The Labute approximate surface area is 200 Å². The number of benzene rings is 2. The Kier molecular flexibility index (Phi) is 8.88. The highest BCUT2D eigenvalue weighted by molar-refractivity contribution is 7.89. The van der Waals surface area contributed by atoms with Gasteiger partial charge in [0.05, 0.1) is 22.9 Å². The Morgan fingerprint density at radius 3 is 2.45 bits per heavy atom. The molecule has 0 radical (unpaired) electrons. The van der Waals surface area contributed by atoms with E-state index in [0.29, 0.717) is 38.0 Å². The summed E-state index contributed by atoms with van der Waals surface area (Å²) in [6.07, 6.45) is 2.20. The molecule has 1 N–H and O–H groups in total. The number of piperidine rings is 1. The third-order valence-electron chi connectivity index (χ3n) is 5.66. The van der Waals surface area contributed by atoms with Crippen LogP contribution in [0.15, 0.2) is 48.5 Å². The van der Waals surface area contributed by atoms with Crippen LogP contribution in [0.1, 0.15) is 42.1 Å². The van der Waals surface area contributed by atoms with E-state index in [1.165, 1.54) is 16.4 Å². The predicted molar refractivity (Wildman–Crippen MR) is 129 cm³/mol. The van der Waals surface area contributed by atoms with Crippen LogP contribution >= 0.6 is 11.6 Å². The fourth-order valence-corrected chi connectivity index (χ4v) is 5.63. The molecule has 1 amide bonds. The molecular formula is C24H29ClN2O5S. The van der Waals surface area contributed by atoms with E-state index in [1.807, 2.05) is 30.3 Å². The number of hydrogen-bond donors (Lipinski definition) is 1. The number of amides is 1. The van der Waals surface area contributed by atoms with Crippen molar-refractivity contribution in [2.45, 2.75) is 32.6 Å². The maximum atomic E-state index is 12.7. The van der Waals surface area contributed by atoms with Crippen molar-refractivity contribution in [3.63, 3.8) is 0 Å². The zero-order valence-electron chi connectivity index (χ0n) is 18.6. The SMILES string of the molecule is CCOC(=O)c1ccc(NC(=O)C2CCN(S(=O)(=O)CCCc3ccccc3)CC2)cc1Cl. The number of nitrogens with zero attached hydrogens (tertiary/aromatic N) is 1. The summed E-state index contributed by atoms with van der Waals surface area (Å²) in [6.45, 7) is 2.61. The van der Waals surface area contributed by atoms with Crippen LogP contribution in [0.5, 0.6) is 0 Å². The number of esters is 1. The standard InChI is InChI=1S/C24H29ClN2O5S/c1-2-32-24(29)21-11-10-20(17-22(21)25)26-23(28)19-12-14-27(15-13-19)33(30,31)16-6-9-18-7-4-3-5-8-18/h3-5,7-8,10-11,17,19H,2,6,9,12-16H2,1H3,(H,26,28). The molecule has 33 heavy (non-hydrogen) atoms. The predicted octanol–water partition coefficient (Wildman–Crippen LogP) is 4.13. The van der Waals surface area contributed by atoms with Gasteiger partial charge in [0, 0.05) is 24.7 Å². The fourth-order valence-electron chi connectivity index (χ4n) is 3.84. The monoisotopic (exact) mass is 492 g/mol. The number of rotatable bonds is 9. The Bertz CT molecular complexity index is 1070. The number of aryl methyl sites for hydroxylation is 1. The van der Waals surface area contributed by atoms with Gasteiger partial charge in [-0.1, -0.05) is 41.9 Å². The second kappa shape index (κ2) is 11.6. The van der Waals surface area contributed by atoms with E-state index < -0.39 is 16.0 Å². The first-order valence-corrected chi connectivity index (χ1v) is 13.1. The van der Waals surface area contributed by atoms with Crippen molar-refractivity contribution in [3.8, 4) is 0 Å². The van der Waals surface area contributed by atoms with Crippen molar-refractivity contribution >= 4 is 39.2 Å². The van der Waals surface area contributed by atoms with Gasteiger partial charge in [0.2, 0.25) is 15.9 Å². The molecule has 1 heterocycles. The lowest BCUT2D eigenvalue weighted by molar-refractivity contribution is -0.120. The normalized spacial score (nSPS) is 15.2. The Balaban J connectivity index is 1.48. The summed E-state index contributed by atoms with van der Waals surface area (Å²) in [6, 6.07) is 14.4. The van der Waals surface area contributed by atoms with Crippen LogP contribution in [0.4, 0.5) is 5.69 Å². The molecule has 178 valence electrons. The molecule has 0 aliphatic carbocycles. The number of anilines is 1. The van der Waals surface area contributed by atoms with Gasteiger partial charge < -0.3 is 10.1 Å². The van der Waals surface area contributed by atoms with Crippen LogP contribution < -0.4 is 5.32 Å². The highest BCUT2D eigenvalue weighted by Crippen LogP contribution is 2.25. The molecule has 9 heteroatoms. The second-order valence-electron chi connectivity index (χ2n) is 7.98. The lowest BCUT2D eigenvalue weighted by Crippen LogP contribution is -2.42. The maximum Gasteiger partial charge on any atom is 0.339 e. The topological polar surface area (TPSA) is 92.8 Å². The quantitative estimate of drug-likeness (QED) is 0.531. The van der Waals surface area contributed by atoms with E-state index in [1.54, 1.807) is 13.0 Å². The number of hydrogen-bond acceptors (Lipinski definition) is 5. The molecule has 0 bridgehead atoms. The van der Waals surface area contributed by atoms with Crippen LogP contribution in [0.2, 0.25) is 5.02 Å². The minimum Gasteiger partial charge on any atom is -0.462 e. The van der Waals surface area contributed by atoms with Gasteiger partial charge in [-0.2, -0.15) is 0 Å². The van der Waals surface area contributed by atoms with Crippen LogP contribution in [0, 0.1) is 5.92 Å². The maximum absolute atomic E-state index is 12.7. The number of ether oxygens (including phenoxy) is 1. The van der Waals surface area contributed by atoms with E-state index in [0.717, 1.165) is 12.0 Å². The lowest BCUT2D eigenvalue weighted by atomic mass is 9.97. The molecule has 1 saturated heterocycles. The summed E-state index contributed by atoms with van der Waals surface area (Å²) < 4.78 is 31.8. The molecule has 1 aliphatic rings. The summed E-state index contributed by atoms with van der Waals surface area (Å²) in [5.41, 5.74) is 1.84. The van der Waals surface area contributed by atoms with Gasteiger partial charge >= 0.3 is 5.97 Å². The first-order valence-electron chi connectivity index (χ1n) is 11.1. The molecule has 0 unspecified atom stereocenters. The Morgan fingerprint density at radius 1 is 1.12 bits per heavy atom. The van der Waals surface area contributed by atoms with Crippen molar-refractivity contribution in [1.82, 2.24) is 4.31 Å². The molecule has 2 aromatic carbocycles.